The molecule has 0 aliphatic carbocycles. The van der Waals surface area contributed by atoms with Gasteiger partial charge in [0.1, 0.15) is 0 Å². The molecule has 0 aromatic heterocycles. The molecule has 3 N–H and O–H groups in total. The summed E-state index contributed by atoms with van der Waals surface area (Å²) < 4.78 is 21.0. The van der Waals surface area contributed by atoms with Gasteiger partial charge in [-0.3, -0.25) is 9.13 Å². The zero-order chi connectivity index (χ0) is 13.3. The van der Waals surface area contributed by atoms with Crippen LogP contribution in [0, 0.1) is 0 Å². The number of halogens is 1. The summed E-state index contributed by atoms with van der Waals surface area (Å²) in [5.74, 6) is 0. The van der Waals surface area contributed by atoms with Crippen LogP contribution in [0.1, 0.15) is 0 Å². The van der Waals surface area contributed by atoms with Crippen molar-refractivity contribution in [2.45, 2.75) is 9.63 Å². The minimum Gasteiger partial charge on any atom is -0.343 e. The Labute approximate surface area is 108 Å². The highest BCUT2D eigenvalue weighted by molar-refractivity contribution is 8.12. The van der Waals surface area contributed by atoms with Crippen LogP contribution >= 0.6 is 38.3 Å². The Morgan fingerprint density at radius 2 is 1.65 bits per heavy atom. The SMILES string of the molecule is CP(=O)(O)C(Sc1ccc(Cl)cc1)P(=O)(O)O. The van der Waals surface area contributed by atoms with Crippen molar-refractivity contribution in [1.82, 2.24) is 0 Å². The van der Waals surface area contributed by atoms with E-state index >= 15 is 0 Å². The molecule has 9 heteroatoms. The molecule has 96 valence electrons. The molecule has 0 saturated carbocycles. The Bertz CT molecular complexity index is 457. The summed E-state index contributed by atoms with van der Waals surface area (Å²) in [6, 6.07) is 6.15. The third kappa shape index (κ3) is 4.76. The third-order valence-electron chi connectivity index (χ3n) is 1.75. The molecule has 0 bridgehead atoms. The molecule has 0 saturated heterocycles. The second kappa shape index (κ2) is 5.45. The first-order chi connectivity index (χ1) is 7.60. The zero-order valence-electron chi connectivity index (χ0n) is 8.73. The Balaban J connectivity index is 3.00. The molecule has 1 aromatic carbocycles. The smallest absolute Gasteiger partial charge is 0.343 e. The third-order valence-corrected chi connectivity index (χ3v) is 8.97. The van der Waals surface area contributed by atoms with Gasteiger partial charge in [0.15, 0.2) is 4.73 Å². The summed E-state index contributed by atoms with van der Waals surface area (Å²) in [6.45, 7) is 0.930. The fourth-order valence-corrected chi connectivity index (χ4v) is 6.04. The van der Waals surface area contributed by atoms with Crippen LogP contribution in [-0.2, 0) is 9.13 Å². The molecule has 1 rings (SSSR count). The zero-order valence-corrected chi connectivity index (χ0v) is 12.1. The molecule has 17 heavy (non-hydrogen) atoms. The van der Waals surface area contributed by atoms with E-state index in [2.05, 4.69) is 0 Å². The highest BCUT2D eigenvalue weighted by Crippen LogP contribution is 2.66. The fraction of sp³-hybridized carbons (Fsp3) is 0.250. The van der Waals surface area contributed by atoms with E-state index in [4.69, 9.17) is 21.4 Å². The van der Waals surface area contributed by atoms with E-state index in [0.29, 0.717) is 21.7 Å². The van der Waals surface area contributed by atoms with E-state index in [0.717, 1.165) is 6.66 Å². The Morgan fingerprint density at radius 1 is 1.18 bits per heavy atom. The molecule has 2 unspecified atom stereocenters. The lowest BCUT2D eigenvalue weighted by Gasteiger charge is -2.20. The molecule has 0 amide bonds. The topological polar surface area (TPSA) is 94.8 Å². The van der Waals surface area contributed by atoms with E-state index in [1.165, 1.54) is 12.1 Å². The number of hydrogen-bond donors (Lipinski definition) is 3. The molecule has 1 aromatic rings. The summed E-state index contributed by atoms with van der Waals surface area (Å²) in [4.78, 5) is 27.9. The van der Waals surface area contributed by atoms with Crippen LogP contribution in [0.4, 0.5) is 0 Å². The van der Waals surface area contributed by atoms with Crippen LogP contribution in [0.15, 0.2) is 29.2 Å². The number of hydrogen-bond acceptors (Lipinski definition) is 3. The lowest BCUT2D eigenvalue weighted by molar-refractivity contribution is 0.373. The first-order valence-corrected chi connectivity index (χ1v) is 9.49. The molecule has 0 spiro atoms. The van der Waals surface area contributed by atoms with Crippen LogP contribution < -0.4 is 0 Å². The fourth-order valence-electron chi connectivity index (χ4n) is 1.08. The number of rotatable bonds is 4. The van der Waals surface area contributed by atoms with Gasteiger partial charge < -0.3 is 14.7 Å². The van der Waals surface area contributed by atoms with E-state index < -0.39 is 19.7 Å². The van der Waals surface area contributed by atoms with Gasteiger partial charge in [0.25, 0.3) is 0 Å². The van der Waals surface area contributed by atoms with Gasteiger partial charge in [0.05, 0.1) is 0 Å². The lowest BCUT2D eigenvalue weighted by Crippen LogP contribution is -2.03. The van der Waals surface area contributed by atoms with Gasteiger partial charge in [-0.25, -0.2) is 0 Å². The minimum absolute atomic E-state index is 0.471. The van der Waals surface area contributed by atoms with Gasteiger partial charge in [-0.1, -0.05) is 23.4 Å². The molecular weight excluding hydrogens is 306 g/mol. The quantitative estimate of drug-likeness (QED) is 0.584. The van der Waals surface area contributed by atoms with Crippen LogP contribution in [0.2, 0.25) is 5.02 Å². The van der Waals surface area contributed by atoms with Crippen molar-refractivity contribution in [3.63, 3.8) is 0 Å². The lowest BCUT2D eigenvalue weighted by atomic mass is 10.4. The maximum atomic E-state index is 11.4. The molecule has 0 radical (unpaired) electrons. The largest absolute Gasteiger partial charge is 0.348 e. The van der Waals surface area contributed by atoms with Gasteiger partial charge in [-0.2, -0.15) is 0 Å². The summed E-state index contributed by atoms with van der Waals surface area (Å²) >= 11 is 6.34. The highest BCUT2D eigenvalue weighted by atomic mass is 35.5. The number of thioether (sulfide) groups is 1. The molecule has 0 heterocycles. The maximum absolute atomic E-state index is 11.4. The van der Waals surface area contributed by atoms with Gasteiger partial charge in [-0.15, -0.1) is 0 Å². The molecule has 0 aliphatic rings. The van der Waals surface area contributed by atoms with E-state index in [-0.39, 0.29) is 0 Å². The van der Waals surface area contributed by atoms with Crippen molar-refractivity contribution in [2.75, 3.05) is 6.66 Å². The average molecular weight is 317 g/mol. The molecule has 2 atom stereocenters. The average Bonchev–Trinajstić information content (AvgIpc) is 2.13. The molecular formula is C8H11ClO5P2S. The molecule has 5 nitrogen and oxygen atoms in total. The van der Waals surface area contributed by atoms with Crippen molar-refractivity contribution in [1.29, 1.82) is 0 Å². The highest BCUT2D eigenvalue weighted by Gasteiger charge is 2.41. The minimum atomic E-state index is -4.66. The number of benzene rings is 1. The van der Waals surface area contributed by atoms with Gasteiger partial charge in [-0.05, 0) is 24.3 Å². The molecule has 0 fully saturated rings. The summed E-state index contributed by atoms with van der Waals surface area (Å²) in [7, 11) is -8.57. The van der Waals surface area contributed by atoms with Crippen LogP contribution in [-0.4, -0.2) is 26.1 Å². The van der Waals surface area contributed by atoms with E-state index in [9.17, 15) is 14.0 Å². The van der Waals surface area contributed by atoms with Crippen LogP contribution in [0.3, 0.4) is 0 Å². The predicted molar refractivity (Wildman–Crippen MR) is 68.9 cm³/mol. The standard InChI is InChI=1S/C8H11ClO5P2S/c1-15(10,11)8(16(12,13)14)17-7-4-2-6(9)3-5-7/h2-5,8H,1H3,(H,10,11)(H2,12,13,14). The second-order valence-corrected chi connectivity index (χ2v) is 10.2. The van der Waals surface area contributed by atoms with E-state index in [1.54, 1.807) is 12.1 Å². The van der Waals surface area contributed by atoms with Crippen molar-refractivity contribution in [2.24, 2.45) is 0 Å². The van der Waals surface area contributed by atoms with Crippen molar-refractivity contribution >= 4 is 38.3 Å². The predicted octanol–water partition coefficient (Wildman–Crippen LogP) is 2.79. The Morgan fingerprint density at radius 3 is 2.00 bits per heavy atom. The Hall–Kier alpha value is 0.200. The second-order valence-electron chi connectivity index (χ2n) is 3.43. The van der Waals surface area contributed by atoms with Crippen molar-refractivity contribution < 1.29 is 23.8 Å². The molecule has 0 aliphatic heterocycles. The van der Waals surface area contributed by atoms with Gasteiger partial charge in [0.2, 0.25) is 7.37 Å². The van der Waals surface area contributed by atoms with Crippen molar-refractivity contribution in [3.8, 4) is 0 Å². The van der Waals surface area contributed by atoms with Gasteiger partial charge >= 0.3 is 7.60 Å². The van der Waals surface area contributed by atoms with E-state index in [1.807, 2.05) is 0 Å². The monoisotopic (exact) mass is 316 g/mol. The summed E-state index contributed by atoms with van der Waals surface area (Å²) in [5.41, 5.74) is 0. The first-order valence-electron chi connectivity index (χ1n) is 4.38. The Kier molecular flexibility index (Phi) is 4.89. The summed E-state index contributed by atoms with van der Waals surface area (Å²) in [6.07, 6.45) is 0. The van der Waals surface area contributed by atoms with Crippen LogP contribution in [0.5, 0.6) is 0 Å². The van der Waals surface area contributed by atoms with Crippen LogP contribution in [0.25, 0.3) is 0 Å². The summed E-state index contributed by atoms with van der Waals surface area (Å²) in [5, 5.41) is 0.478. The van der Waals surface area contributed by atoms with Crippen molar-refractivity contribution in [3.05, 3.63) is 29.3 Å². The van der Waals surface area contributed by atoms with Gasteiger partial charge in [0, 0.05) is 16.6 Å². The maximum Gasteiger partial charge on any atom is 0.348 e. The first kappa shape index (κ1) is 15.3. The normalized spacial score (nSPS) is 17.5.